The minimum Gasteiger partial charge on any atom is -0.352 e. The van der Waals surface area contributed by atoms with Gasteiger partial charge in [0.25, 0.3) is 0 Å². The normalized spacial score (nSPS) is 10.8. The van der Waals surface area contributed by atoms with Crippen LogP contribution in [0.25, 0.3) is 33.3 Å². The standard InChI is InChI=1S/C22H19N3O/c1-15(26)23-12-16-7-9-18(10-8-16)21-14-25-22-20(21)11-19(13-24-22)17-5-3-2-4-6-17/h2-11,13-14H,12H2,1H3,(H,23,26)(H,24,25). The molecular formula is C22H19N3O. The van der Waals surface area contributed by atoms with Crippen molar-refractivity contribution in [1.29, 1.82) is 0 Å². The number of carbonyl (C=O) groups is 1. The van der Waals surface area contributed by atoms with Gasteiger partial charge in [-0.05, 0) is 22.8 Å². The van der Waals surface area contributed by atoms with Crippen LogP contribution in [0, 0.1) is 0 Å². The molecule has 2 N–H and O–H groups in total. The van der Waals surface area contributed by atoms with Crippen molar-refractivity contribution in [3.63, 3.8) is 0 Å². The zero-order chi connectivity index (χ0) is 17.9. The molecule has 2 heterocycles. The number of hydrogen-bond donors (Lipinski definition) is 2. The Bertz CT molecular complexity index is 1050. The minimum absolute atomic E-state index is 0.0229. The number of pyridine rings is 1. The second-order valence-corrected chi connectivity index (χ2v) is 6.30. The topological polar surface area (TPSA) is 57.8 Å². The van der Waals surface area contributed by atoms with Gasteiger partial charge in [-0.3, -0.25) is 4.79 Å². The molecule has 2 aromatic carbocycles. The predicted octanol–water partition coefficient (Wildman–Crippen LogP) is 4.53. The van der Waals surface area contributed by atoms with E-state index >= 15 is 0 Å². The molecule has 0 unspecified atom stereocenters. The number of aromatic nitrogens is 2. The van der Waals surface area contributed by atoms with Gasteiger partial charge in [-0.2, -0.15) is 0 Å². The lowest BCUT2D eigenvalue weighted by Crippen LogP contribution is -2.18. The molecule has 0 radical (unpaired) electrons. The summed E-state index contributed by atoms with van der Waals surface area (Å²) in [4.78, 5) is 18.9. The maximum absolute atomic E-state index is 11.0. The third-order valence-corrected chi connectivity index (χ3v) is 4.44. The van der Waals surface area contributed by atoms with Crippen LogP contribution >= 0.6 is 0 Å². The van der Waals surface area contributed by atoms with E-state index in [0.29, 0.717) is 6.54 Å². The van der Waals surface area contributed by atoms with Crippen LogP contribution < -0.4 is 5.32 Å². The number of amides is 1. The molecule has 2 aromatic heterocycles. The van der Waals surface area contributed by atoms with Gasteiger partial charge in [-0.25, -0.2) is 4.98 Å². The Morgan fingerprint density at radius 2 is 1.77 bits per heavy atom. The molecule has 0 aliphatic heterocycles. The molecule has 4 rings (SSSR count). The summed E-state index contributed by atoms with van der Waals surface area (Å²) in [5.74, 6) is -0.0229. The zero-order valence-corrected chi connectivity index (χ0v) is 14.5. The SMILES string of the molecule is CC(=O)NCc1ccc(-c2c[nH]c3ncc(-c4ccccc4)cc23)cc1. The number of benzene rings is 2. The summed E-state index contributed by atoms with van der Waals surface area (Å²) < 4.78 is 0. The van der Waals surface area contributed by atoms with E-state index in [0.717, 1.165) is 38.9 Å². The molecule has 0 bridgehead atoms. The smallest absolute Gasteiger partial charge is 0.217 e. The van der Waals surface area contributed by atoms with Gasteiger partial charge >= 0.3 is 0 Å². The Morgan fingerprint density at radius 1 is 1.00 bits per heavy atom. The second kappa shape index (κ2) is 6.84. The van der Waals surface area contributed by atoms with Crippen LogP contribution in [0.2, 0.25) is 0 Å². The van der Waals surface area contributed by atoms with Crippen LogP contribution in [0.3, 0.4) is 0 Å². The van der Waals surface area contributed by atoms with Gasteiger partial charge in [0.1, 0.15) is 5.65 Å². The largest absolute Gasteiger partial charge is 0.352 e. The quantitative estimate of drug-likeness (QED) is 0.573. The van der Waals surface area contributed by atoms with Crippen molar-refractivity contribution >= 4 is 16.9 Å². The van der Waals surface area contributed by atoms with Gasteiger partial charge in [0, 0.05) is 42.4 Å². The molecule has 0 spiro atoms. The van der Waals surface area contributed by atoms with Crippen molar-refractivity contribution < 1.29 is 4.79 Å². The summed E-state index contributed by atoms with van der Waals surface area (Å²) in [6.45, 7) is 2.07. The minimum atomic E-state index is -0.0229. The summed E-state index contributed by atoms with van der Waals surface area (Å²) >= 11 is 0. The third-order valence-electron chi connectivity index (χ3n) is 4.44. The molecule has 4 nitrogen and oxygen atoms in total. The van der Waals surface area contributed by atoms with Crippen LogP contribution in [-0.2, 0) is 11.3 Å². The fourth-order valence-corrected chi connectivity index (χ4v) is 3.06. The molecule has 4 aromatic rings. The van der Waals surface area contributed by atoms with E-state index in [-0.39, 0.29) is 5.91 Å². The molecule has 0 saturated heterocycles. The van der Waals surface area contributed by atoms with E-state index in [2.05, 4.69) is 45.6 Å². The van der Waals surface area contributed by atoms with Crippen molar-refractivity contribution in [2.45, 2.75) is 13.5 Å². The Kier molecular flexibility index (Phi) is 4.23. The highest BCUT2D eigenvalue weighted by atomic mass is 16.1. The van der Waals surface area contributed by atoms with Crippen molar-refractivity contribution in [1.82, 2.24) is 15.3 Å². The molecule has 128 valence electrons. The van der Waals surface area contributed by atoms with E-state index < -0.39 is 0 Å². The van der Waals surface area contributed by atoms with Gasteiger partial charge < -0.3 is 10.3 Å². The lowest BCUT2D eigenvalue weighted by atomic mass is 10.0. The second-order valence-electron chi connectivity index (χ2n) is 6.30. The highest BCUT2D eigenvalue weighted by Gasteiger charge is 2.09. The molecule has 26 heavy (non-hydrogen) atoms. The fraction of sp³-hybridized carbons (Fsp3) is 0.0909. The first-order valence-corrected chi connectivity index (χ1v) is 8.57. The van der Waals surface area contributed by atoms with Gasteiger partial charge in [-0.15, -0.1) is 0 Å². The molecule has 0 aliphatic rings. The van der Waals surface area contributed by atoms with Crippen molar-refractivity contribution in [2.75, 3.05) is 0 Å². The molecule has 1 amide bonds. The maximum atomic E-state index is 11.0. The van der Waals surface area contributed by atoms with Crippen molar-refractivity contribution in [2.24, 2.45) is 0 Å². The van der Waals surface area contributed by atoms with Crippen LogP contribution in [0.5, 0.6) is 0 Å². The number of H-pyrrole nitrogens is 1. The van der Waals surface area contributed by atoms with Gasteiger partial charge in [0.2, 0.25) is 5.91 Å². The van der Waals surface area contributed by atoms with Crippen molar-refractivity contribution in [3.05, 3.63) is 78.6 Å². The number of fused-ring (bicyclic) bond motifs is 1. The average Bonchev–Trinajstić information content (AvgIpc) is 3.10. The summed E-state index contributed by atoms with van der Waals surface area (Å²) in [5, 5.41) is 3.91. The first-order chi connectivity index (χ1) is 12.7. The maximum Gasteiger partial charge on any atom is 0.217 e. The Balaban J connectivity index is 1.69. The monoisotopic (exact) mass is 341 g/mol. The van der Waals surface area contributed by atoms with Gasteiger partial charge in [0.15, 0.2) is 0 Å². The lowest BCUT2D eigenvalue weighted by Gasteiger charge is -2.05. The Labute approximate surface area is 151 Å². The van der Waals surface area contributed by atoms with Crippen LogP contribution in [-0.4, -0.2) is 15.9 Å². The molecule has 0 aliphatic carbocycles. The van der Waals surface area contributed by atoms with Gasteiger partial charge in [-0.1, -0.05) is 54.6 Å². The fourth-order valence-electron chi connectivity index (χ4n) is 3.06. The third kappa shape index (κ3) is 3.22. The summed E-state index contributed by atoms with van der Waals surface area (Å²) in [7, 11) is 0. The highest BCUT2D eigenvalue weighted by Crippen LogP contribution is 2.31. The number of carbonyl (C=O) groups excluding carboxylic acids is 1. The molecule has 4 heteroatoms. The number of rotatable bonds is 4. The van der Waals surface area contributed by atoms with E-state index in [1.807, 2.05) is 42.7 Å². The first kappa shape index (κ1) is 16.1. The van der Waals surface area contributed by atoms with E-state index in [1.165, 1.54) is 6.92 Å². The zero-order valence-electron chi connectivity index (χ0n) is 14.5. The Morgan fingerprint density at radius 3 is 2.50 bits per heavy atom. The molecule has 0 saturated carbocycles. The molecule has 0 atom stereocenters. The van der Waals surface area contributed by atoms with Crippen LogP contribution in [0.1, 0.15) is 12.5 Å². The Hall–Kier alpha value is -3.40. The summed E-state index contributed by atoms with van der Waals surface area (Å²) in [6.07, 6.45) is 3.89. The van der Waals surface area contributed by atoms with Gasteiger partial charge in [0.05, 0.1) is 0 Å². The summed E-state index contributed by atoms with van der Waals surface area (Å²) in [6, 6.07) is 20.7. The first-order valence-electron chi connectivity index (χ1n) is 8.57. The van der Waals surface area contributed by atoms with E-state index in [9.17, 15) is 4.79 Å². The summed E-state index contributed by atoms with van der Waals surface area (Å²) in [5.41, 5.74) is 6.45. The van der Waals surface area contributed by atoms with Crippen LogP contribution in [0.15, 0.2) is 73.1 Å². The average molecular weight is 341 g/mol. The molecule has 0 fully saturated rings. The molecular weight excluding hydrogens is 322 g/mol. The van der Waals surface area contributed by atoms with Crippen LogP contribution in [0.4, 0.5) is 0 Å². The van der Waals surface area contributed by atoms with E-state index in [4.69, 9.17) is 0 Å². The van der Waals surface area contributed by atoms with E-state index in [1.54, 1.807) is 0 Å². The lowest BCUT2D eigenvalue weighted by molar-refractivity contribution is -0.119. The van der Waals surface area contributed by atoms with Crippen molar-refractivity contribution in [3.8, 4) is 22.3 Å². The highest BCUT2D eigenvalue weighted by molar-refractivity contribution is 5.95. The predicted molar refractivity (Wildman–Crippen MR) is 104 cm³/mol. The number of nitrogens with zero attached hydrogens (tertiary/aromatic N) is 1. The number of nitrogens with one attached hydrogen (secondary N) is 2. The number of aromatic amines is 1. The number of hydrogen-bond acceptors (Lipinski definition) is 2.